The highest BCUT2D eigenvalue weighted by atomic mass is 16.5. The standard InChI is InChI=1S/C20H23N5O2/c1-14(16-3-2-15-6-11-27-18(15)12-16)23-7-9-24(10-8-23)17-4-5-19-21-20(26)22-25(19)13-17/h2-5,12-14H,6-11H2,1H3,(H,22,26)/t14-/m0/s1. The summed E-state index contributed by atoms with van der Waals surface area (Å²) in [7, 11) is 0. The molecule has 7 heteroatoms. The summed E-state index contributed by atoms with van der Waals surface area (Å²) in [5, 5.41) is 2.71. The average molecular weight is 365 g/mol. The molecule has 3 aromatic rings. The fraction of sp³-hybridized carbons (Fsp3) is 0.400. The van der Waals surface area contributed by atoms with Gasteiger partial charge in [-0.25, -0.2) is 14.4 Å². The number of H-pyrrole nitrogens is 1. The summed E-state index contributed by atoms with van der Waals surface area (Å²) in [6.45, 7) is 6.98. The molecule has 0 aliphatic carbocycles. The number of fused-ring (bicyclic) bond motifs is 2. The average Bonchev–Trinajstić information content (AvgIpc) is 3.31. The van der Waals surface area contributed by atoms with Gasteiger partial charge in [-0.2, -0.15) is 4.98 Å². The van der Waals surface area contributed by atoms with Crippen molar-refractivity contribution in [3.8, 4) is 5.75 Å². The SMILES string of the molecule is C[C@@H](c1ccc2c(c1)OCC2)N1CCN(c2ccc3nc(=O)[nH]n3c2)CC1. The van der Waals surface area contributed by atoms with Gasteiger partial charge < -0.3 is 9.64 Å². The molecule has 0 spiro atoms. The molecule has 2 aliphatic rings. The summed E-state index contributed by atoms with van der Waals surface area (Å²) in [5.41, 5.74) is 4.08. The van der Waals surface area contributed by atoms with Crippen LogP contribution in [-0.2, 0) is 6.42 Å². The fourth-order valence-electron chi connectivity index (χ4n) is 4.10. The van der Waals surface area contributed by atoms with Crippen molar-refractivity contribution >= 4 is 11.3 Å². The van der Waals surface area contributed by atoms with Gasteiger partial charge in [0.25, 0.3) is 0 Å². The molecule has 0 bridgehead atoms. The largest absolute Gasteiger partial charge is 0.493 e. The summed E-state index contributed by atoms with van der Waals surface area (Å²) < 4.78 is 7.42. The number of hydrogen-bond acceptors (Lipinski definition) is 5. The van der Waals surface area contributed by atoms with E-state index in [0.717, 1.165) is 50.6 Å². The number of anilines is 1. The van der Waals surface area contributed by atoms with Gasteiger partial charge in [-0.05, 0) is 36.2 Å². The third-order valence-electron chi connectivity index (χ3n) is 5.77. The third kappa shape index (κ3) is 2.98. The van der Waals surface area contributed by atoms with Crippen LogP contribution in [0.5, 0.6) is 5.75 Å². The normalized spacial score (nSPS) is 18.5. The molecule has 1 N–H and O–H groups in total. The second-order valence-corrected chi connectivity index (χ2v) is 7.31. The van der Waals surface area contributed by atoms with Crippen LogP contribution in [0.4, 0.5) is 5.69 Å². The Balaban J connectivity index is 1.28. The van der Waals surface area contributed by atoms with Crippen LogP contribution in [0.1, 0.15) is 24.1 Å². The highest BCUT2D eigenvalue weighted by Crippen LogP contribution is 2.31. The van der Waals surface area contributed by atoms with Gasteiger partial charge in [0.1, 0.15) is 5.75 Å². The minimum Gasteiger partial charge on any atom is -0.493 e. The van der Waals surface area contributed by atoms with Crippen molar-refractivity contribution in [1.29, 1.82) is 0 Å². The van der Waals surface area contributed by atoms with Crippen molar-refractivity contribution in [1.82, 2.24) is 19.5 Å². The van der Waals surface area contributed by atoms with Gasteiger partial charge in [0.2, 0.25) is 0 Å². The lowest BCUT2D eigenvalue weighted by Crippen LogP contribution is -2.47. The number of hydrogen-bond donors (Lipinski definition) is 1. The number of nitrogens with one attached hydrogen (secondary N) is 1. The topological polar surface area (TPSA) is 65.9 Å². The van der Waals surface area contributed by atoms with Crippen LogP contribution >= 0.6 is 0 Å². The molecule has 2 aliphatic heterocycles. The van der Waals surface area contributed by atoms with Gasteiger partial charge in [0, 0.05) is 38.6 Å². The summed E-state index contributed by atoms with van der Waals surface area (Å²) in [4.78, 5) is 20.2. The van der Waals surface area contributed by atoms with Crippen LogP contribution < -0.4 is 15.3 Å². The number of pyridine rings is 1. The molecule has 1 saturated heterocycles. The molecule has 27 heavy (non-hydrogen) atoms. The van der Waals surface area contributed by atoms with E-state index >= 15 is 0 Å². The zero-order valence-electron chi connectivity index (χ0n) is 15.4. The van der Waals surface area contributed by atoms with E-state index in [2.05, 4.69) is 45.0 Å². The molecule has 1 aromatic carbocycles. The molecular formula is C20H23N5O2. The summed E-state index contributed by atoms with van der Waals surface area (Å²) in [5.74, 6) is 1.06. The van der Waals surface area contributed by atoms with Crippen molar-refractivity contribution in [2.75, 3.05) is 37.7 Å². The molecule has 0 amide bonds. The van der Waals surface area contributed by atoms with Crippen molar-refractivity contribution in [2.45, 2.75) is 19.4 Å². The summed E-state index contributed by atoms with van der Waals surface area (Å²) in [6.07, 6.45) is 2.97. The highest BCUT2D eigenvalue weighted by Gasteiger charge is 2.24. The minimum atomic E-state index is -0.316. The first-order chi connectivity index (χ1) is 13.2. The molecule has 4 heterocycles. The second-order valence-electron chi connectivity index (χ2n) is 7.31. The van der Waals surface area contributed by atoms with E-state index in [-0.39, 0.29) is 5.69 Å². The number of aromatic amines is 1. The third-order valence-corrected chi connectivity index (χ3v) is 5.77. The zero-order chi connectivity index (χ0) is 18.4. The summed E-state index contributed by atoms with van der Waals surface area (Å²) >= 11 is 0. The Bertz CT molecular complexity index is 1030. The Morgan fingerprint density at radius 3 is 2.85 bits per heavy atom. The molecule has 5 rings (SSSR count). The lowest BCUT2D eigenvalue weighted by Gasteiger charge is -2.39. The molecule has 0 unspecified atom stereocenters. The van der Waals surface area contributed by atoms with Crippen LogP contribution in [0.2, 0.25) is 0 Å². The van der Waals surface area contributed by atoms with Gasteiger partial charge in [-0.1, -0.05) is 12.1 Å². The lowest BCUT2D eigenvalue weighted by molar-refractivity contribution is 0.198. The molecule has 2 aromatic heterocycles. The van der Waals surface area contributed by atoms with E-state index in [1.54, 1.807) is 4.52 Å². The van der Waals surface area contributed by atoms with Gasteiger partial charge in [-0.3, -0.25) is 4.90 Å². The first-order valence-corrected chi connectivity index (χ1v) is 9.50. The number of piperazine rings is 1. The molecule has 7 nitrogen and oxygen atoms in total. The first-order valence-electron chi connectivity index (χ1n) is 9.50. The van der Waals surface area contributed by atoms with Crippen LogP contribution in [-0.4, -0.2) is 52.3 Å². The van der Waals surface area contributed by atoms with Crippen LogP contribution in [0.15, 0.2) is 41.3 Å². The van der Waals surface area contributed by atoms with Crippen molar-refractivity contribution in [3.05, 3.63) is 58.1 Å². The Kier molecular flexibility index (Phi) is 3.89. The van der Waals surface area contributed by atoms with Gasteiger partial charge >= 0.3 is 5.69 Å². The maximum atomic E-state index is 11.4. The molecule has 1 atom stereocenters. The second kappa shape index (κ2) is 6.42. The Hall–Kier alpha value is -2.80. The van der Waals surface area contributed by atoms with Crippen LogP contribution in [0, 0.1) is 0 Å². The quantitative estimate of drug-likeness (QED) is 0.767. The van der Waals surface area contributed by atoms with Crippen molar-refractivity contribution in [2.24, 2.45) is 0 Å². The van der Waals surface area contributed by atoms with E-state index in [1.807, 2.05) is 18.3 Å². The van der Waals surface area contributed by atoms with E-state index in [1.165, 1.54) is 11.1 Å². The number of benzene rings is 1. The van der Waals surface area contributed by atoms with Crippen molar-refractivity contribution < 1.29 is 4.74 Å². The monoisotopic (exact) mass is 365 g/mol. The Labute approximate surface area is 157 Å². The summed E-state index contributed by atoms with van der Waals surface area (Å²) in [6, 6.07) is 11.0. The first kappa shape index (κ1) is 16.4. The lowest BCUT2D eigenvalue weighted by atomic mass is 10.0. The van der Waals surface area contributed by atoms with Crippen LogP contribution in [0.3, 0.4) is 0 Å². The van der Waals surface area contributed by atoms with E-state index < -0.39 is 0 Å². The van der Waals surface area contributed by atoms with E-state index in [4.69, 9.17) is 4.74 Å². The smallest absolute Gasteiger partial charge is 0.362 e. The van der Waals surface area contributed by atoms with E-state index in [0.29, 0.717) is 11.7 Å². The number of rotatable bonds is 3. The van der Waals surface area contributed by atoms with Gasteiger partial charge in [0.05, 0.1) is 18.5 Å². The maximum Gasteiger partial charge on any atom is 0.362 e. The zero-order valence-corrected chi connectivity index (χ0v) is 15.4. The number of nitrogens with zero attached hydrogens (tertiary/aromatic N) is 4. The Morgan fingerprint density at radius 1 is 1.15 bits per heavy atom. The van der Waals surface area contributed by atoms with Gasteiger partial charge in [0.15, 0.2) is 5.65 Å². The molecular weight excluding hydrogens is 342 g/mol. The molecule has 0 radical (unpaired) electrons. The Morgan fingerprint density at radius 2 is 2.00 bits per heavy atom. The predicted octanol–water partition coefficient (Wildman–Crippen LogP) is 1.84. The highest BCUT2D eigenvalue weighted by molar-refractivity contribution is 5.51. The molecule has 0 saturated carbocycles. The van der Waals surface area contributed by atoms with Crippen molar-refractivity contribution in [3.63, 3.8) is 0 Å². The molecule has 1 fully saturated rings. The predicted molar refractivity (Wildman–Crippen MR) is 104 cm³/mol. The maximum absolute atomic E-state index is 11.4. The minimum absolute atomic E-state index is 0.316. The van der Waals surface area contributed by atoms with E-state index in [9.17, 15) is 4.79 Å². The molecule has 140 valence electrons. The fourth-order valence-corrected chi connectivity index (χ4v) is 4.10. The number of aromatic nitrogens is 3. The van der Waals surface area contributed by atoms with Crippen LogP contribution in [0.25, 0.3) is 5.65 Å². The van der Waals surface area contributed by atoms with Gasteiger partial charge in [-0.15, -0.1) is 0 Å². The number of ether oxygens (including phenoxy) is 1.